The van der Waals surface area contributed by atoms with Crippen molar-refractivity contribution in [3.05, 3.63) is 0 Å². The average molecular weight is 211 g/mol. The van der Waals surface area contributed by atoms with Crippen LogP contribution >= 0.6 is 0 Å². The van der Waals surface area contributed by atoms with Gasteiger partial charge in [0.2, 0.25) is 0 Å². The predicted molar refractivity (Wildman–Crippen MR) is 64.2 cm³/mol. The number of nitrogens with zero attached hydrogens (tertiary/aromatic N) is 2. The molecule has 2 atom stereocenters. The van der Waals surface area contributed by atoms with Crippen LogP contribution in [0.25, 0.3) is 0 Å². The van der Waals surface area contributed by atoms with E-state index in [0.29, 0.717) is 6.04 Å². The third-order valence-electron chi connectivity index (χ3n) is 3.64. The Hall–Kier alpha value is -0.120. The summed E-state index contributed by atoms with van der Waals surface area (Å²) in [7, 11) is 2.22. The van der Waals surface area contributed by atoms with Crippen molar-refractivity contribution in [3.8, 4) is 0 Å². The van der Waals surface area contributed by atoms with E-state index >= 15 is 0 Å². The zero-order valence-electron chi connectivity index (χ0n) is 10.2. The maximum absolute atomic E-state index is 3.75. The highest BCUT2D eigenvalue weighted by Gasteiger charge is 2.22. The van der Waals surface area contributed by atoms with Crippen LogP contribution in [0.15, 0.2) is 0 Å². The number of hydrogen-bond acceptors (Lipinski definition) is 3. The first-order valence-corrected chi connectivity index (χ1v) is 6.41. The third-order valence-corrected chi connectivity index (χ3v) is 3.64. The van der Waals surface area contributed by atoms with Crippen LogP contribution in [0.1, 0.15) is 26.2 Å². The van der Waals surface area contributed by atoms with Gasteiger partial charge >= 0.3 is 0 Å². The number of rotatable bonds is 4. The van der Waals surface area contributed by atoms with Gasteiger partial charge in [0.05, 0.1) is 0 Å². The summed E-state index contributed by atoms with van der Waals surface area (Å²) >= 11 is 0. The van der Waals surface area contributed by atoms with Crippen LogP contribution in [0.4, 0.5) is 0 Å². The van der Waals surface area contributed by atoms with Gasteiger partial charge in [0, 0.05) is 25.2 Å². The predicted octanol–water partition coefficient (Wildman–Crippen LogP) is 0.764. The molecule has 2 saturated heterocycles. The molecule has 2 heterocycles. The molecule has 88 valence electrons. The highest BCUT2D eigenvalue weighted by atomic mass is 15.2. The first-order chi connectivity index (χ1) is 7.24. The fourth-order valence-corrected chi connectivity index (χ4v) is 2.88. The van der Waals surface area contributed by atoms with E-state index in [9.17, 15) is 0 Å². The van der Waals surface area contributed by atoms with Crippen molar-refractivity contribution in [2.75, 3.05) is 39.8 Å². The van der Waals surface area contributed by atoms with Crippen molar-refractivity contribution in [1.82, 2.24) is 15.1 Å². The number of nitrogens with one attached hydrogen (secondary N) is 1. The highest BCUT2D eigenvalue weighted by Crippen LogP contribution is 2.10. The molecular weight excluding hydrogens is 186 g/mol. The molecule has 0 aromatic heterocycles. The fourth-order valence-electron chi connectivity index (χ4n) is 2.88. The van der Waals surface area contributed by atoms with E-state index in [1.807, 2.05) is 0 Å². The Morgan fingerprint density at radius 3 is 2.60 bits per heavy atom. The zero-order valence-corrected chi connectivity index (χ0v) is 10.2. The van der Waals surface area contributed by atoms with E-state index in [1.165, 1.54) is 52.0 Å². The molecule has 3 nitrogen and oxygen atoms in total. The molecule has 0 aromatic rings. The topological polar surface area (TPSA) is 18.5 Å². The van der Waals surface area contributed by atoms with Gasteiger partial charge in [-0.25, -0.2) is 0 Å². The second kappa shape index (κ2) is 5.28. The van der Waals surface area contributed by atoms with Crippen LogP contribution in [0.2, 0.25) is 0 Å². The summed E-state index contributed by atoms with van der Waals surface area (Å²) in [6, 6.07) is 1.38. The summed E-state index contributed by atoms with van der Waals surface area (Å²) in [4.78, 5) is 5.01. The minimum atomic E-state index is 0.652. The normalized spacial score (nSPS) is 31.2. The Bertz CT molecular complexity index is 189. The zero-order chi connectivity index (χ0) is 10.7. The minimum Gasteiger partial charge on any atom is -0.309 e. The van der Waals surface area contributed by atoms with Gasteiger partial charge in [0.1, 0.15) is 0 Å². The van der Waals surface area contributed by atoms with Gasteiger partial charge in [-0.2, -0.15) is 0 Å². The molecule has 2 fully saturated rings. The van der Waals surface area contributed by atoms with Gasteiger partial charge in [-0.05, 0) is 52.9 Å². The summed E-state index contributed by atoms with van der Waals surface area (Å²) in [5, 5.41) is 3.75. The molecular formula is C12H25N3. The van der Waals surface area contributed by atoms with Gasteiger partial charge in [0.15, 0.2) is 0 Å². The Balaban J connectivity index is 1.65. The molecule has 0 amide bonds. The van der Waals surface area contributed by atoms with Gasteiger partial charge in [-0.3, -0.25) is 0 Å². The summed E-state index contributed by atoms with van der Waals surface area (Å²) in [5.41, 5.74) is 0. The largest absolute Gasteiger partial charge is 0.309 e. The van der Waals surface area contributed by atoms with Crippen LogP contribution in [-0.2, 0) is 0 Å². The molecule has 1 N–H and O–H groups in total. The molecule has 0 bridgehead atoms. The van der Waals surface area contributed by atoms with Gasteiger partial charge < -0.3 is 15.1 Å². The lowest BCUT2D eigenvalue weighted by Gasteiger charge is -2.24. The van der Waals surface area contributed by atoms with Crippen molar-refractivity contribution in [2.24, 2.45) is 0 Å². The lowest BCUT2D eigenvalue weighted by atomic mass is 10.2. The summed E-state index contributed by atoms with van der Waals surface area (Å²) in [6.07, 6.45) is 4.12. The lowest BCUT2D eigenvalue weighted by molar-refractivity contribution is 0.284. The standard InChI is InChI=1S/C12H25N3/c1-11(9-15-6-3-4-7-15)13-12-5-8-14(2)10-12/h11-13H,3-10H2,1-2H3. The molecule has 2 unspecified atom stereocenters. The Morgan fingerprint density at radius 1 is 1.27 bits per heavy atom. The summed E-state index contributed by atoms with van der Waals surface area (Å²) in [5.74, 6) is 0. The Labute approximate surface area is 93.8 Å². The maximum atomic E-state index is 3.75. The van der Waals surface area contributed by atoms with E-state index in [-0.39, 0.29) is 0 Å². The van der Waals surface area contributed by atoms with E-state index < -0.39 is 0 Å². The van der Waals surface area contributed by atoms with Crippen LogP contribution in [0.3, 0.4) is 0 Å². The molecule has 2 rings (SSSR count). The molecule has 2 aliphatic rings. The molecule has 0 aliphatic carbocycles. The second-order valence-corrected chi connectivity index (χ2v) is 5.32. The van der Waals surface area contributed by atoms with Crippen molar-refractivity contribution in [2.45, 2.75) is 38.3 Å². The summed E-state index contributed by atoms with van der Waals surface area (Å²) in [6.45, 7) is 8.68. The van der Waals surface area contributed by atoms with Crippen LogP contribution in [0, 0.1) is 0 Å². The van der Waals surface area contributed by atoms with Crippen molar-refractivity contribution in [1.29, 1.82) is 0 Å². The average Bonchev–Trinajstić information content (AvgIpc) is 2.77. The molecule has 2 aliphatic heterocycles. The first kappa shape index (κ1) is 11.4. The highest BCUT2D eigenvalue weighted by molar-refractivity contribution is 4.82. The van der Waals surface area contributed by atoms with E-state index in [1.54, 1.807) is 0 Å². The number of likely N-dealkylation sites (N-methyl/N-ethyl adjacent to an activating group) is 1. The van der Waals surface area contributed by atoms with Crippen LogP contribution in [0.5, 0.6) is 0 Å². The molecule has 3 heteroatoms. The van der Waals surface area contributed by atoms with Gasteiger partial charge in [0.25, 0.3) is 0 Å². The number of likely N-dealkylation sites (tertiary alicyclic amines) is 2. The smallest absolute Gasteiger partial charge is 0.0210 e. The van der Waals surface area contributed by atoms with E-state index in [4.69, 9.17) is 0 Å². The summed E-state index contributed by atoms with van der Waals surface area (Å²) < 4.78 is 0. The Morgan fingerprint density at radius 2 is 2.00 bits per heavy atom. The van der Waals surface area contributed by atoms with Crippen LogP contribution < -0.4 is 5.32 Å². The van der Waals surface area contributed by atoms with E-state index in [0.717, 1.165) is 6.04 Å². The first-order valence-electron chi connectivity index (χ1n) is 6.41. The fraction of sp³-hybridized carbons (Fsp3) is 1.00. The SMILES string of the molecule is CC(CN1CCCC1)NC1CCN(C)C1. The Kier molecular flexibility index (Phi) is 4.00. The molecule has 15 heavy (non-hydrogen) atoms. The maximum Gasteiger partial charge on any atom is 0.0210 e. The second-order valence-electron chi connectivity index (χ2n) is 5.32. The van der Waals surface area contributed by atoms with Gasteiger partial charge in [-0.1, -0.05) is 0 Å². The molecule has 0 aromatic carbocycles. The van der Waals surface area contributed by atoms with Crippen molar-refractivity contribution in [3.63, 3.8) is 0 Å². The number of hydrogen-bond donors (Lipinski definition) is 1. The quantitative estimate of drug-likeness (QED) is 0.741. The van der Waals surface area contributed by atoms with Crippen LogP contribution in [-0.4, -0.2) is 61.7 Å². The third kappa shape index (κ3) is 3.44. The molecule has 0 radical (unpaired) electrons. The van der Waals surface area contributed by atoms with Gasteiger partial charge in [-0.15, -0.1) is 0 Å². The van der Waals surface area contributed by atoms with E-state index in [2.05, 4.69) is 29.1 Å². The molecule has 0 spiro atoms. The monoisotopic (exact) mass is 211 g/mol. The van der Waals surface area contributed by atoms with Crippen molar-refractivity contribution < 1.29 is 0 Å². The van der Waals surface area contributed by atoms with Crippen molar-refractivity contribution >= 4 is 0 Å². The molecule has 0 saturated carbocycles. The minimum absolute atomic E-state index is 0.652. The lowest BCUT2D eigenvalue weighted by Crippen LogP contribution is -2.44.